The smallest absolute Gasteiger partial charge is 0.471 e. The topological polar surface area (TPSA) is 75.6 Å². The van der Waals surface area contributed by atoms with E-state index in [0.717, 1.165) is 0 Å². The molecule has 1 unspecified atom stereocenters. The van der Waals surface area contributed by atoms with Gasteiger partial charge in [0.15, 0.2) is 5.60 Å². The summed E-state index contributed by atoms with van der Waals surface area (Å²) >= 11 is 0. The van der Waals surface area contributed by atoms with E-state index in [9.17, 15) is 22.8 Å². The first kappa shape index (κ1) is 12.2. The maximum absolute atomic E-state index is 11.9. The molecule has 0 aromatic carbocycles. The first-order valence-electron chi connectivity index (χ1n) is 5.01. The van der Waals surface area contributed by atoms with E-state index in [1.165, 1.54) is 0 Å². The maximum Gasteiger partial charge on any atom is 0.471 e. The van der Waals surface area contributed by atoms with Gasteiger partial charge in [-0.3, -0.25) is 4.79 Å². The third-order valence-corrected chi connectivity index (χ3v) is 3.20. The van der Waals surface area contributed by atoms with E-state index < -0.39 is 29.8 Å². The van der Waals surface area contributed by atoms with Gasteiger partial charge in [0.05, 0.1) is 6.10 Å². The highest BCUT2D eigenvalue weighted by molar-refractivity contribution is 5.82. The van der Waals surface area contributed by atoms with Gasteiger partial charge >= 0.3 is 18.1 Å². The number of fused-ring (bicyclic) bond motifs is 1. The number of nitrogens with one attached hydrogen (secondary N) is 1. The molecule has 0 aromatic rings. The molecule has 0 aromatic heterocycles. The Morgan fingerprint density at radius 2 is 2.00 bits per heavy atom. The molecule has 2 N–H and O–H groups in total. The summed E-state index contributed by atoms with van der Waals surface area (Å²) < 4.78 is 40.8. The average Bonchev–Trinajstić information content (AvgIpc) is 2.65. The summed E-state index contributed by atoms with van der Waals surface area (Å²) in [6.07, 6.45) is -4.96. The summed E-state index contributed by atoms with van der Waals surface area (Å²) in [7, 11) is 0. The summed E-state index contributed by atoms with van der Waals surface area (Å²) in [6.45, 7) is -0.307. The van der Waals surface area contributed by atoms with Gasteiger partial charge in [0, 0.05) is 6.54 Å². The highest BCUT2D eigenvalue weighted by Crippen LogP contribution is 2.52. The lowest BCUT2D eigenvalue weighted by atomic mass is 9.72. The van der Waals surface area contributed by atoms with E-state index in [1.807, 2.05) is 0 Å². The molecule has 3 aliphatic rings. The van der Waals surface area contributed by atoms with Crippen LogP contribution >= 0.6 is 0 Å². The van der Waals surface area contributed by atoms with Crippen molar-refractivity contribution in [2.45, 2.75) is 30.7 Å². The Labute approximate surface area is 93.9 Å². The fourth-order valence-corrected chi connectivity index (χ4v) is 2.26. The molecular weight excluding hydrogens is 243 g/mol. The van der Waals surface area contributed by atoms with Gasteiger partial charge in [0.1, 0.15) is 0 Å². The SMILES string of the molecule is O=C(NCC1OC2(C(=O)O)CC1C2)C(F)(F)F. The lowest BCUT2D eigenvalue weighted by Crippen LogP contribution is -2.44. The minimum atomic E-state index is -4.92. The number of carbonyl (C=O) groups is 2. The number of carboxylic acids is 1. The zero-order valence-electron chi connectivity index (χ0n) is 8.58. The van der Waals surface area contributed by atoms with Crippen molar-refractivity contribution in [1.29, 1.82) is 0 Å². The molecule has 0 spiro atoms. The van der Waals surface area contributed by atoms with Gasteiger partial charge in [0.2, 0.25) is 0 Å². The second-order valence-electron chi connectivity index (χ2n) is 4.33. The molecule has 5 nitrogen and oxygen atoms in total. The van der Waals surface area contributed by atoms with Gasteiger partial charge in [-0.15, -0.1) is 0 Å². The molecule has 1 saturated carbocycles. The summed E-state index contributed by atoms with van der Waals surface area (Å²) in [5.41, 5.74) is -1.24. The second-order valence-corrected chi connectivity index (χ2v) is 4.33. The number of halogens is 3. The Balaban J connectivity index is 1.84. The minimum Gasteiger partial charge on any atom is -0.479 e. The molecule has 1 aliphatic carbocycles. The molecule has 2 aliphatic heterocycles. The van der Waals surface area contributed by atoms with E-state index in [2.05, 4.69) is 0 Å². The Hall–Kier alpha value is -1.31. The van der Waals surface area contributed by atoms with E-state index in [4.69, 9.17) is 9.84 Å². The highest BCUT2D eigenvalue weighted by atomic mass is 19.4. The van der Waals surface area contributed by atoms with Crippen molar-refractivity contribution in [2.24, 2.45) is 5.92 Å². The molecule has 2 saturated heterocycles. The Morgan fingerprint density at radius 1 is 1.41 bits per heavy atom. The van der Waals surface area contributed by atoms with Crippen LogP contribution in [-0.2, 0) is 14.3 Å². The zero-order valence-corrected chi connectivity index (χ0v) is 8.58. The van der Waals surface area contributed by atoms with Crippen LogP contribution < -0.4 is 5.32 Å². The number of carboxylic acid groups (broad SMARTS) is 1. The number of aliphatic carboxylic acids is 1. The number of carbonyl (C=O) groups excluding carboxylic acids is 1. The molecule has 17 heavy (non-hydrogen) atoms. The lowest BCUT2D eigenvalue weighted by molar-refractivity contribution is -0.174. The van der Waals surface area contributed by atoms with Crippen molar-refractivity contribution in [3.63, 3.8) is 0 Å². The summed E-state index contributed by atoms with van der Waals surface area (Å²) in [4.78, 5) is 21.4. The first-order valence-corrected chi connectivity index (χ1v) is 5.01. The Kier molecular flexibility index (Phi) is 2.57. The van der Waals surface area contributed by atoms with Crippen molar-refractivity contribution in [3.05, 3.63) is 0 Å². The zero-order chi connectivity index (χ0) is 12.8. The predicted octanol–water partition coefficient (Wildman–Crippen LogP) is 0.297. The normalized spacial score (nSPS) is 35.2. The standard InChI is InChI=1S/C9H10F3NO4/c10-9(11,12)6(14)13-3-5-4-1-8(2-4,17-5)7(15)16/h4-5H,1-3H2,(H,13,14)(H,15,16). The molecule has 96 valence electrons. The number of amides is 1. The van der Waals surface area contributed by atoms with Crippen LogP contribution in [0.5, 0.6) is 0 Å². The molecule has 2 heterocycles. The van der Waals surface area contributed by atoms with Crippen LogP contribution in [0.1, 0.15) is 12.8 Å². The van der Waals surface area contributed by atoms with Crippen LogP contribution in [0.4, 0.5) is 13.2 Å². The monoisotopic (exact) mass is 253 g/mol. The molecule has 1 atom stereocenters. The van der Waals surface area contributed by atoms with Gasteiger partial charge in [-0.2, -0.15) is 13.2 Å². The molecule has 2 bridgehead atoms. The predicted molar refractivity (Wildman–Crippen MR) is 47.0 cm³/mol. The Morgan fingerprint density at radius 3 is 2.41 bits per heavy atom. The summed E-state index contributed by atoms with van der Waals surface area (Å²) in [5.74, 6) is -3.22. The molecule has 3 fully saturated rings. The van der Waals surface area contributed by atoms with Crippen LogP contribution in [0.3, 0.4) is 0 Å². The van der Waals surface area contributed by atoms with Crippen LogP contribution in [-0.4, -0.2) is 41.4 Å². The lowest BCUT2D eigenvalue weighted by Gasteiger charge is -2.30. The first-order chi connectivity index (χ1) is 7.74. The molecule has 3 rings (SSSR count). The Bertz CT molecular complexity index is 362. The molecular formula is C9H10F3NO4. The number of hydrogen-bond acceptors (Lipinski definition) is 3. The van der Waals surface area contributed by atoms with E-state index in [1.54, 1.807) is 5.32 Å². The van der Waals surface area contributed by atoms with E-state index in [0.29, 0.717) is 12.8 Å². The third-order valence-electron chi connectivity index (χ3n) is 3.20. The number of hydrogen-bond donors (Lipinski definition) is 2. The second kappa shape index (κ2) is 3.59. The van der Waals surface area contributed by atoms with Crippen LogP contribution in [0, 0.1) is 5.92 Å². The van der Waals surface area contributed by atoms with Gasteiger partial charge in [0.25, 0.3) is 0 Å². The summed E-state index contributed by atoms with van der Waals surface area (Å²) in [6, 6.07) is 0. The summed E-state index contributed by atoms with van der Waals surface area (Å²) in [5, 5.41) is 10.5. The van der Waals surface area contributed by atoms with Crippen LogP contribution in [0.25, 0.3) is 0 Å². The van der Waals surface area contributed by atoms with E-state index in [-0.39, 0.29) is 12.5 Å². The third kappa shape index (κ3) is 1.97. The molecule has 1 amide bonds. The van der Waals surface area contributed by atoms with Gasteiger partial charge in [-0.05, 0) is 18.8 Å². The van der Waals surface area contributed by atoms with Gasteiger partial charge < -0.3 is 15.2 Å². The number of rotatable bonds is 3. The van der Waals surface area contributed by atoms with Crippen molar-refractivity contribution in [2.75, 3.05) is 6.54 Å². The van der Waals surface area contributed by atoms with Crippen LogP contribution in [0.15, 0.2) is 0 Å². The number of alkyl halides is 3. The fraction of sp³-hybridized carbons (Fsp3) is 0.778. The maximum atomic E-state index is 11.9. The fourth-order valence-electron chi connectivity index (χ4n) is 2.26. The van der Waals surface area contributed by atoms with Crippen molar-refractivity contribution in [1.82, 2.24) is 5.32 Å². The average molecular weight is 253 g/mol. The van der Waals surface area contributed by atoms with Crippen LogP contribution in [0.2, 0.25) is 0 Å². The van der Waals surface area contributed by atoms with E-state index >= 15 is 0 Å². The van der Waals surface area contributed by atoms with Gasteiger partial charge in [-0.25, -0.2) is 4.79 Å². The molecule has 0 radical (unpaired) electrons. The largest absolute Gasteiger partial charge is 0.479 e. The van der Waals surface area contributed by atoms with Crippen molar-refractivity contribution >= 4 is 11.9 Å². The number of ether oxygens (including phenoxy) is 1. The quantitative estimate of drug-likeness (QED) is 0.758. The highest BCUT2D eigenvalue weighted by Gasteiger charge is 2.62. The minimum absolute atomic E-state index is 0.0837. The van der Waals surface area contributed by atoms with Crippen molar-refractivity contribution < 1.29 is 32.6 Å². The van der Waals surface area contributed by atoms with Crippen molar-refractivity contribution in [3.8, 4) is 0 Å². The molecule has 8 heteroatoms. The van der Waals surface area contributed by atoms with Gasteiger partial charge in [-0.1, -0.05) is 0 Å².